The van der Waals surface area contributed by atoms with Gasteiger partial charge in [-0.05, 0) is 29.9 Å². The van der Waals surface area contributed by atoms with E-state index in [0.717, 1.165) is 13.1 Å². The van der Waals surface area contributed by atoms with Crippen molar-refractivity contribution in [3.63, 3.8) is 0 Å². The van der Waals surface area contributed by atoms with E-state index in [1.807, 2.05) is 0 Å². The minimum absolute atomic E-state index is 0.144. The molecule has 0 aliphatic carbocycles. The van der Waals surface area contributed by atoms with Crippen molar-refractivity contribution in [3.8, 4) is 0 Å². The minimum atomic E-state index is 0.144. The first-order chi connectivity index (χ1) is 7.56. The molecule has 4 nitrogen and oxygen atoms in total. The van der Waals surface area contributed by atoms with E-state index in [1.54, 1.807) is 0 Å². The van der Waals surface area contributed by atoms with E-state index in [9.17, 15) is 0 Å². The molecule has 88 valence electrons. The molecule has 1 aromatic heterocycles. The van der Waals surface area contributed by atoms with Crippen LogP contribution in [0.1, 0.15) is 20.3 Å². The van der Waals surface area contributed by atoms with Crippen molar-refractivity contribution >= 4 is 29.0 Å². The first-order valence-corrected chi connectivity index (χ1v) is 6.12. The second-order valence-corrected chi connectivity index (χ2v) is 5.24. The molecule has 0 amide bonds. The molecule has 0 aromatic carbocycles. The Morgan fingerprint density at radius 2 is 1.75 bits per heavy atom. The summed E-state index contributed by atoms with van der Waals surface area (Å²) in [6.07, 6.45) is 1.24. The number of piperidine rings is 1. The third-order valence-corrected chi connectivity index (χ3v) is 3.18. The van der Waals surface area contributed by atoms with Crippen molar-refractivity contribution < 1.29 is 0 Å². The summed E-state index contributed by atoms with van der Waals surface area (Å²) >= 11 is 11.7. The molecule has 2 atom stereocenters. The van der Waals surface area contributed by atoms with Gasteiger partial charge in [-0.15, -0.1) is 10.2 Å². The summed E-state index contributed by atoms with van der Waals surface area (Å²) in [5.74, 6) is 1.92. The largest absolute Gasteiger partial charge is 0.353 e. The van der Waals surface area contributed by atoms with Gasteiger partial charge in [0.05, 0.1) is 0 Å². The zero-order chi connectivity index (χ0) is 11.7. The molecule has 2 rings (SSSR count). The van der Waals surface area contributed by atoms with Crippen LogP contribution in [0.4, 0.5) is 5.82 Å². The lowest BCUT2D eigenvalue weighted by molar-refractivity contribution is 0.355. The number of halogens is 2. The highest BCUT2D eigenvalue weighted by atomic mass is 35.5. The predicted molar refractivity (Wildman–Crippen MR) is 65.0 cm³/mol. The van der Waals surface area contributed by atoms with Crippen molar-refractivity contribution in [2.24, 2.45) is 11.8 Å². The monoisotopic (exact) mass is 260 g/mol. The summed E-state index contributed by atoms with van der Waals surface area (Å²) in [7, 11) is 0. The Balaban J connectivity index is 2.25. The van der Waals surface area contributed by atoms with Gasteiger partial charge in [0.15, 0.2) is 11.0 Å². The van der Waals surface area contributed by atoms with Crippen LogP contribution in [0.5, 0.6) is 0 Å². The maximum absolute atomic E-state index is 5.99. The number of nitrogens with zero attached hydrogens (tertiary/aromatic N) is 4. The molecular weight excluding hydrogens is 247 g/mol. The van der Waals surface area contributed by atoms with Gasteiger partial charge in [-0.3, -0.25) is 0 Å². The zero-order valence-electron chi connectivity index (χ0n) is 9.32. The highest BCUT2D eigenvalue weighted by Crippen LogP contribution is 2.28. The summed E-state index contributed by atoms with van der Waals surface area (Å²) in [5.41, 5.74) is 0. The molecule has 0 N–H and O–H groups in total. The molecule has 16 heavy (non-hydrogen) atoms. The van der Waals surface area contributed by atoms with Gasteiger partial charge in [-0.1, -0.05) is 25.4 Å². The van der Waals surface area contributed by atoms with E-state index in [0.29, 0.717) is 22.8 Å². The lowest BCUT2D eigenvalue weighted by atomic mass is 9.92. The molecule has 0 spiro atoms. The van der Waals surface area contributed by atoms with E-state index in [-0.39, 0.29) is 5.28 Å². The van der Waals surface area contributed by atoms with Crippen LogP contribution < -0.4 is 4.90 Å². The fraction of sp³-hybridized carbons (Fsp3) is 0.700. The Morgan fingerprint density at radius 1 is 1.12 bits per heavy atom. The second-order valence-electron chi connectivity index (χ2n) is 4.55. The molecule has 1 aliphatic rings. The second kappa shape index (κ2) is 4.72. The van der Waals surface area contributed by atoms with Crippen LogP contribution in [0.15, 0.2) is 0 Å². The molecule has 0 bridgehead atoms. The summed E-state index contributed by atoms with van der Waals surface area (Å²) in [6, 6.07) is 0. The summed E-state index contributed by atoms with van der Waals surface area (Å²) in [5, 5.41) is 7.87. The van der Waals surface area contributed by atoms with E-state index in [4.69, 9.17) is 23.2 Å². The Kier molecular flexibility index (Phi) is 3.50. The van der Waals surface area contributed by atoms with Crippen LogP contribution in [0.3, 0.4) is 0 Å². The topological polar surface area (TPSA) is 41.9 Å². The molecule has 2 unspecified atom stereocenters. The lowest BCUT2D eigenvalue weighted by Crippen LogP contribution is -2.39. The van der Waals surface area contributed by atoms with Crippen molar-refractivity contribution in [1.29, 1.82) is 0 Å². The Hall–Kier alpha value is -0.610. The maximum Gasteiger partial charge on any atom is 0.245 e. The number of hydrogen-bond acceptors (Lipinski definition) is 4. The van der Waals surface area contributed by atoms with Gasteiger partial charge in [0, 0.05) is 13.1 Å². The lowest BCUT2D eigenvalue weighted by Gasteiger charge is -2.35. The first kappa shape index (κ1) is 11.9. The summed E-state index contributed by atoms with van der Waals surface area (Å²) < 4.78 is 0. The van der Waals surface area contributed by atoms with Crippen LogP contribution >= 0.6 is 23.2 Å². The van der Waals surface area contributed by atoms with Crippen LogP contribution in [-0.2, 0) is 0 Å². The van der Waals surface area contributed by atoms with Gasteiger partial charge in [0.2, 0.25) is 5.28 Å². The van der Waals surface area contributed by atoms with E-state index >= 15 is 0 Å². The average Bonchev–Trinajstić information content (AvgIpc) is 2.20. The van der Waals surface area contributed by atoms with Crippen LogP contribution in [0, 0.1) is 11.8 Å². The highest BCUT2D eigenvalue weighted by Gasteiger charge is 2.25. The fourth-order valence-corrected chi connectivity index (χ4v) is 2.64. The molecule has 1 fully saturated rings. The maximum atomic E-state index is 5.99. The SMILES string of the molecule is CC1CC(C)CN(c2nc(Cl)nnc2Cl)C1. The standard InChI is InChI=1S/C10H14Cl2N4/c1-6-3-7(2)5-16(4-6)9-8(11)14-15-10(12)13-9/h6-7H,3-5H2,1-2H3. The average molecular weight is 261 g/mol. The predicted octanol–water partition coefficient (Wildman–Crippen LogP) is 2.66. The first-order valence-electron chi connectivity index (χ1n) is 5.37. The van der Waals surface area contributed by atoms with Gasteiger partial charge in [-0.2, -0.15) is 4.98 Å². The van der Waals surface area contributed by atoms with Gasteiger partial charge >= 0.3 is 0 Å². The van der Waals surface area contributed by atoms with Gasteiger partial charge in [0.1, 0.15) is 0 Å². The molecule has 2 heterocycles. The van der Waals surface area contributed by atoms with Crippen molar-refractivity contribution in [2.75, 3.05) is 18.0 Å². The summed E-state index contributed by atoms with van der Waals surface area (Å²) in [6.45, 7) is 6.34. The Labute approximate surface area is 105 Å². The third-order valence-electron chi connectivity index (χ3n) is 2.77. The van der Waals surface area contributed by atoms with Crippen LogP contribution in [0.2, 0.25) is 10.4 Å². The molecule has 0 saturated carbocycles. The van der Waals surface area contributed by atoms with Crippen LogP contribution in [0.25, 0.3) is 0 Å². The van der Waals surface area contributed by atoms with Gasteiger partial charge in [-0.25, -0.2) is 0 Å². The van der Waals surface area contributed by atoms with E-state index < -0.39 is 0 Å². The molecule has 1 saturated heterocycles. The smallest absolute Gasteiger partial charge is 0.245 e. The molecule has 6 heteroatoms. The van der Waals surface area contributed by atoms with Gasteiger partial charge in [0.25, 0.3) is 0 Å². The van der Waals surface area contributed by atoms with E-state index in [1.165, 1.54) is 6.42 Å². The number of aromatic nitrogens is 3. The Morgan fingerprint density at radius 3 is 2.38 bits per heavy atom. The quantitative estimate of drug-likeness (QED) is 0.779. The number of anilines is 1. The van der Waals surface area contributed by atoms with E-state index in [2.05, 4.69) is 33.9 Å². The molecule has 0 radical (unpaired) electrons. The van der Waals surface area contributed by atoms with Gasteiger partial charge < -0.3 is 4.90 Å². The molecule has 1 aromatic rings. The molecular formula is C10H14Cl2N4. The number of hydrogen-bond donors (Lipinski definition) is 0. The third kappa shape index (κ3) is 2.55. The number of rotatable bonds is 1. The fourth-order valence-electron chi connectivity index (χ4n) is 2.32. The van der Waals surface area contributed by atoms with Crippen LogP contribution in [-0.4, -0.2) is 28.3 Å². The van der Waals surface area contributed by atoms with Crippen molar-refractivity contribution in [2.45, 2.75) is 20.3 Å². The highest BCUT2D eigenvalue weighted by molar-refractivity contribution is 6.32. The minimum Gasteiger partial charge on any atom is -0.353 e. The molecule has 1 aliphatic heterocycles. The van der Waals surface area contributed by atoms with Crippen molar-refractivity contribution in [3.05, 3.63) is 10.4 Å². The Bertz CT molecular complexity index is 375. The summed E-state index contributed by atoms with van der Waals surface area (Å²) in [4.78, 5) is 6.29. The van der Waals surface area contributed by atoms with Crippen molar-refractivity contribution in [1.82, 2.24) is 15.2 Å². The normalized spacial score (nSPS) is 25.9. The zero-order valence-corrected chi connectivity index (χ0v) is 10.8.